The van der Waals surface area contributed by atoms with E-state index in [1.165, 1.54) is 12.1 Å². The van der Waals surface area contributed by atoms with Gasteiger partial charge in [-0.15, -0.1) is 0 Å². The van der Waals surface area contributed by atoms with Crippen LogP contribution < -0.4 is 0 Å². The molecule has 2 aliphatic rings. The highest BCUT2D eigenvalue weighted by Crippen LogP contribution is 2.52. The van der Waals surface area contributed by atoms with Crippen molar-refractivity contribution >= 4 is 28.6 Å². The molecule has 0 N–H and O–H groups in total. The lowest BCUT2D eigenvalue weighted by molar-refractivity contribution is -0.393. The van der Waals surface area contributed by atoms with E-state index >= 15 is 0 Å². The van der Waals surface area contributed by atoms with E-state index in [9.17, 15) is 35.1 Å². The van der Waals surface area contributed by atoms with Gasteiger partial charge in [0.05, 0.1) is 39.1 Å². The first kappa shape index (κ1) is 24.5. The van der Waals surface area contributed by atoms with Crippen LogP contribution in [0.5, 0.6) is 0 Å². The predicted octanol–water partition coefficient (Wildman–Crippen LogP) is 5.13. The molecule has 0 amide bonds. The van der Waals surface area contributed by atoms with Gasteiger partial charge in [-0.2, -0.15) is 0 Å². The van der Waals surface area contributed by atoms with Crippen LogP contribution in [0.25, 0.3) is 16.7 Å². The summed E-state index contributed by atoms with van der Waals surface area (Å²) in [4.78, 5) is 45.3. The van der Waals surface area contributed by atoms with Crippen LogP contribution in [0.2, 0.25) is 0 Å². The SMILES string of the molecule is COC(=O)c1cc([N+](=O)[O-])cc2c1-c1c(cc([N+](=O)[O-])cc1[N+](=O)[O-])\C2=C/C=C/C=C/[C]1[CH][CH][CH][CH]1. The highest BCUT2D eigenvalue weighted by molar-refractivity contribution is 6.12. The van der Waals surface area contributed by atoms with Gasteiger partial charge in [0.2, 0.25) is 0 Å². The smallest absolute Gasteiger partial charge is 0.338 e. The standard InChI is InChI=1S/C25H16N3O8/c1-36-25(29)21-13-16(26(30)31)11-19-18(10-4-2-3-7-15-8-5-6-9-15)20-12-17(27(32)33)14-22(28(34)35)24(20)23(19)21/h2-14H,1H3/b4-2+,7-3+,18-10-. The van der Waals surface area contributed by atoms with E-state index in [1.54, 1.807) is 18.2 Å². The zero-order chi connectivity index (χ0) is 26.0. The number of hydrogen-bond acceptors (Lipinski definition) is 8. The van der Waals surface area contributed by atoms with Crippen LogP contribution in [0.3, 0.4) is 0 Å². The number of carbonyl (C=O) groups is 1. The van der Waals surface area contributed by atoms with Crippen LogP contribution in [0.15, 0.2) is 54.6 Å². The zero-order valence-corrected chi connectivity index (χ0v) is 18.6. The molecule has 4 rings (SSSR count). The monoisotopic (exact) mass is 486 g/mol. The quantitative estimate of drug-likeness (QED) is 0.193. The number of nitro benzene ring substituents is 3. The maximum Gasteiger partial charge on any atom is 0.338 e. The number of non-ortho nitro benzene ring substituents is 2. The summed E-state index contributed by atoms with van der Waals surface area (Å²) in [5.41, 5.74) is -1.36. The van der Waals surface area contributed by atoms with Gasteiger partial charge in [0.25, 0.3) is 17.1 Å². The molecular weight excluding hydrogens is 470 g/mol. The Kier molecular flexibility index (Phi) is 6.73. The fourth-order valence-corrected chi connectivity index (χ4v) is 4.03. The number of allylic oxidation sites excluding steroid dienone is 5. The minimum absolute atomic E-state index is 0.0380. The normalized spacial score (nSPS) is 16.0. The van der Waals surface area contributed by atoms with Gasteiger partial charge in [0.15, 0.2) is 0 Å². The second-order valence-corrected chi connectivity index (χ2v) is 7.61. The first-order valence-electron chi connectivity index (χ1n) is 10.4. The zero-order valence-electron chi connectivity index (χ0n) is 18.6. The Balaban J connectivity index is 1.97. The molecule has 1 saturated carbocycles. The maximum absolute atomic E-state index is 12.6. The molecule has 0 bridgehead atoms. The number of benzene rings is 2. The van der Waals surface area contributed by atoms with E-state index < -0.39 is 37.8 Å². The van der Waals surface area contributed by atoms with E-state index in [0.717, 1.165) is 31.2 Å². The van der Waals surface area contributed by atoms with Gasteiger partial charge >= 0.3 is 5.97 Å². The lowest BCUT2D eigenvalue weighted by Gasteiger charge is -2.08. The summed E-state index contributed by atoms with van der Waals surface area (Å²) in [6, 6.07) is 4.10. The maximum atomic E-state index is 12.6. The largest absolute Gasteiger partial charge is 0.465 e. The van der Waals surface area contributed by atoms with Crippen molar-refractivity contribution in [2.45, 2.75) is 0 Å². The van der Waals surface area contributed by atoms with Crippen LogP contribution in [-0.2, 0) is 4.74 Å². The summed E-state index contributed by atoms with van der Waals surface area (Å²) >= 11 is 0. The minimum Gasteiger partial charge on any atom is -0.465 e. The molecule has 1 fully saturated rings. The molecule has 2 aromatic rings. The number of ether oxygens (including phenoxy) is 1. The van der Waals surface area contributed by atoms with Crippen molar-refractivity contribution in [1.82, 2.24) is 0 Å². The molecule has 36 heavy (non-hydrogen) atoms. The molecular formula is C25H16N3O8. The van der Waals surface area contributed by atoms with Crippen LogP contribution in [0.4, 0.5) is 17.1 Å². The van der Waals surface area contributed by atoms with Crippen molar-refractivity contribution in [1.29, 1.82) is 0 Å². The van der Waals surface area contributed by atoms with Crippen LogP contribution >= 0.6 is 0 Å². The fourth-order valence-electron chi connectivity index (χ4n) is 4.03. The summed E-state index contributed by atoms with van der Waals surface area (Å²) in [7, 11) is 1.08. The third kappa shape index (κ3) is 4.50. The van der Waals surface area contributed by atoms with Gasteiger partial charge in [0, 0.05) is 35.2 Å². The summed E-state index contributed by atoms with van der Waals surface area (Å²) in [5.74, 6) is 0.0245. The average Bonchev–Trinajstić information content (AvgIpc) is 3.48. The topological polar surface area (TPSA) is 156 Å². The van der Waals surface area contributed by atoms with Crippen molar-refractivity contribution in [2.24, 2.45) is 0 Å². The highest BCUT2D eigenvalue weighted by Gasteiger charge is 2.38. The number of fused-ring (bicyclic) bond motifs is 3. The molecule has 5 radical (unpaired) electrons. The summed E-state index contributed by atoms with van der Waals surface area (Å²) in [5, 5.41) is 35.0. The van der Waals surface area contributed by atoms with Gasteiger partial charge in [0.1, 0.15) is 0 Å². The Labute approximate surface area is 204 Å². The number of methoxy groups -OCH3 is 1. The van der Waals surface area contributed by atoms with E-state index in [4.69, 9.17) is 4.74 Å². The van der Waals surface area contributed by atoms with Gasteiger partial charge in [-0.25, -0.2) is 4.79 Å². The molecule has 0 unspecified atom stereocenters. The van der Waals surface area contributed by atoms with Crippen molar-refractivity contribution in [2.75, 3.05) is 7.11 Å². The van der Waals surface area contributed by atoms with Crippen molar-refractivity contribution in [3.8, 4) is 11.1 Å². The molecule has 11 nitrogen and oxygen atoms in total. The molecule has 11 heteroatoms. The predicted molar refractivity (Wildman–Crippen MR) is 129 cm³/mol. The Hall–Kier alpha value is -4.67. The van der Waals surface area contributed by atoms with Crippen molar-refractivity contribution < 1.29 is 24.3 Å². The van der Waals surface area contributed by atoms with Crippen LogP contribution in [-0.4, -0.2) is 27.8 Å². The molecule has 0 aliphatic heterocycles. The average molecular weight is 486 g/mol. The van der Waals surface area contributed by atoms with Gasteiger partial charge in [-0.05, 0) is 36.8 Å². The van der Waals surface area contributed by atoms with Crippen molar-refractivity contribution in [3.63, 3.8) is 0 Å². The second-order valence-electron chi connectivity index (χ2n) is 7.61. The van der Waals surface area contributed by atoms with E-state index in [0.29, 0.717) is 0 Å². The van der Waals surface area contributed by atoms with E-state index in [2.05, 4.69) is 0 Å². The number of carbonyl (C=O) groups excluding carboxylic acids is 1. The molecule has 179 valence electrons. The van der Waals surface area contributed by atoms with E-state index in [-0.39, 0.29) is 33.4 Å². The number of nitrogens with zero attached hydrogens (tertiary/aromatic N) is 3. The summed E-state index contributed by atoms with van der Waals surface area (Å²) in [6.45, 7) is 0. The summed E-state index contributed by atoms with van der Waals surface area (Å²) in [6.07, 6.45) is 15.9. The third-order valence-electron chi connectivity index (χ3n) is 5.54. The lowest BCUT2D eigenvalue weighted by atomic mass is 9.97. The summed E-state index contributed by atoms with van der Waals surface area (Å²) < 4.78 is 4.78. The second kappa shape index (κ2) is 9.90. The number of rotatable bonds is 7. The Bertz CT molecular complexity index is 1380. The number of nitro groups is 3. The Morgan fingerprint density at radius 3 is 2.00 bits per heavy atom. The molecule has 0 aromatic heterocycles. The van der Waals surface area contributed by atoms with E-state index in [1.807, 2.05) is 31.8 Å². The van der Waals surface area contributed by atoms with Gasteiger partial charge in [-0.3, -0.25) is 30.3 Å². The molecule has 2 aliphatic carbocycles. The first-order valence-corrected chi connectivity index (χ1v) is 10.4. The van der Waals surface area contributed by atoms with Crippen molar-refractivity contribution in [3.05, 3.63) is 133 Å². The highest BCUT2D eigenvalue weighted by atomic mass is 16.6. The number of esters is 1. The van der Waals surface area contributed by atoms with Crippen LogP contribution in [0.1, 0.15) is 21.5 Å². The van der Waals surface area contributed by atoms with Gasteiger partial charge in [-0.1, -0.05) is 30.4 Å². The molecule has 2 aromatic carbocycles. The lowest BCUT2D eigenvalue weighted by Crippen LogP contribution is -2.06. The molecule has 0 saturated heterocycles. The minimum atomic E-state index is -0.942. The number of hydrogen-bond donors (Lipinski definition) is 0. The van der Waals surface area contributed by atoms with Crippen LogP contribution in [0, 0.1) is 61.9 Å². The fraction of sp³-hybridized carbons (Fsp3) is 0.0400. The molecule has 0 heterocycles. The molecule has 0 spiro atoms. The molecule has 0 atom stereocenters. The third-order valence-corrected chi connectivity index (χ3v) is 5.54. The van der Waals surface area contributed by atoms with Gasteiger partial charge < -0.3 is 4.74 Å². The Morgan fingerprint density at radius 2 is 1.42 bits per heavy atom. The Morgan fingerprint density at radius 1 is 0.806 bits per heavy atom. The first-order chi connectivity index (χ1) is 17.2.